The molecule has 1 aliphatic heterocycles. The Labute approximate surface area is 129 Å². The predicted octanol–water partition coefficient (Wildman–Crippen LogP) is 2.04. The lowest BCUT2D eigenvalue weighted by molar-refractivity contribution is -0.120. The maximum Gasteiger partial charge on any atom is 0.230 e. The molecule has 0 radical (unpaired) electrons. The van der Waals surface area contributed by atoms with E-state index in [0.29, 0.717) is 12.4 Å². The third-order valence-corrected chi connectivity index (χ3v) is 3.83. The van der Waals surface area contributed by atoms with Crippen LogP contribution in [-0.4, -0.2) is 33.9 Å². The van der Waals surface area contributed by atoms with Gasteiger partial charge >= 0.3 is 0 Å². The van der Waals surface area contributed by atoms with Crippen LogP contribution >= 0.6 is 0 Å². The van der Waals surface area contributed by atoms with Gasteiger partial charge in [0, 0.05) is 31.7 Å². The van der Waals surface area contributed by atoms with E-state index in [-0.39, 0.29) is 11.8 Å². The second-order valence-electron chi connectivity index (χ2n) is 5.56. The molecular formula is C16H19N5O. The number of nitrogens with one attached hydrogen (secondary N) is 1. The van der Waals surface area contributed by atoms with E-state index in [2.05, 4.69) is 25.2 Å². The molecule has 0 spiro atoms. The molecule has 1 fully saturated rings. The molecule has 1 saturated heterocycles. The summed E-state index contributed by atoms with van der Waals surface area (Å²) in [6, 6.07) is 3.77. The monoisotopic (exact) mass is 297 g/mol. The summed E-state index contributed by atoms with van der Waals surface area (Å²) in [7, 11) is 0. The summed E-state index contributed by atoms with van der Waals surface area (Å²) in [6.07, 6.45) is 8.67. The zero-order valence-corrected chi connectivity index (χ0v) is 12.6. The number of amides is 1. The minimum absolute atomic E-state index is 0.0185. The summed E-state index contributed by atoms with van der Waals surface area (Å²) < 4.78 is 0. The smallest absolute Gasteiger partial charge is 0.230 e. The van der Waals surface area contributed by atoms with Crippen LogP contribution in [0.25, 0.3) is 0 Å². The number of aryl methyl sites for hydroxylation is 1. The zero-order valence-electron chi connectivity index (χ0n) is 12.6. The third-order valence-electron chi connectivity index (χ3n) is 3.83. The number of nitrogens with zero attached hydrogens (tertiary/aromatic N) is 4. The van der Waals surface area contributed by atoms with E-state index in [1.807, 2.05) is 19.1 Å². The van der Waals surface area contributed by atoms with Crippen molar-refractivity contribution in [3.8, 4) is 0 Å². The Balaban J connectivity index is 1.64. The van der Waals surface area contributed by atoms with Gasteiger partial charge in [0.05, 0.1) is 12.1 Å². The SMILES string of the molecule is Cc1ccc(NC(=O)C2CCCN(c3cnccn3)C2)nc1. The predicted molar refractivity (Wildman–Crippen MR) is 84.6 cm³/mol. The second kappa shape index (κ2) is 6.51. The Morgan fingerprint density at radius 3 is 2.91 bits per heavy atom. The van der Waals surface area contributed by atoms with Gasteiger partial charge in [0.1, 0.15) is 11.6 Å². The highest BCUT2D eigenvalue weighted by molar-refractivity contribution is 5.92. The number of carbonyl (C=O) groups excluding carboxylic acids is 1. The van der Waals surface area contributed by atoms with Crippen molar-refractivity contribution < 1.29 is 4.79 Å². The van der Waals surface area contributed by atoms with Crippen molar-refractivity contribution in [2.24, 2.45) is 5.92 Å². The molecule has 6 nitrogen and oxygen atoms in total. The molecule has 22 heavy (non-hydrogen) atoms. The van der Waals surface area contributed by atoms with Gasteiger partial charge in [0.25, 0.3) is 0 Å². The minimum Gasteiger partial charge on any atom is -0.355 e. The first-order chi connectivity index (χ1) is 10.7. The Hall–Kier alpha value is -2.50. The molecule has 3 rings (SSSR count). The first-order valence-corrected chi connectivity index (χ1v) is 7.47. The Bertz CT molecular complexity index is 629. The van der Waals surface area contributed by atoms with Crippen LogP contribution < -0.4 is 10.2 Å². The van der Waals surface area contributed by atoms with E-state index >= 15 is 0 Å². The molecule has 0 aliphatic carbocycles. The molecule has 2 aromatic rings. The van der Waals surface area contributed by atoms with Gasteiger partial charge in [0.2, 0.25) is 5.91 Å². The van der Waals surface area contributed by atoms with E-state index in [0.717, 1.165) is 30.8 Å². The third kappa shape index (κ3) is 3.39. The summed E-state index contributed by atoms with van der Waals surface area (Å²) in [6.45, 7) is 3.54. The van der Waals surface area contributed by atoms with Crippen LogP contribution in [0.15, 0.2) is 36.9 Å². The fraction of sp³-hybridized carbons (Fsp3) is 0.375. The van der Waals surface area contributed by atoms with Crippen molar-refractivity contribution >= 4 is 17.5 Å². The molecular weight excluding hydrogens is 278 g/mol. The van der Waals surface area contributed by atoms with E-state index < -0.39 is 0 Å². The highest BCUT2D eigenvalue weighted by atomic mass is 16.2. The fourth-order valence-electron chi connectivity index (χ4n) is 2.62. The largest absolute Gasteiger partial charge is 0.355 e. The highest BCUT2D eigenvalue weighted by Gasteiger charge is 2.26. The molecule has 3 heterocycles. The number of aromatic nitrogens is 3. The Morgan fingerprint density at radius 1 is 1.27 bits per heavy atom. The van der Waals surface area contributed by atoms with Crippen LogP contribution in [0.4, 0.5) is 11.6 Å². The maximum atomic E-state index is 12.4. The van der Waals surface area contributed by atoms with Crippen molar-refractivity contribution in [2.75, 3.05) is 23.3 Å². The average molecular weight is 297 g/mol. The van der Waals surface area contributed by atoms with Crippen molar-refractivity contribution in [3.63, 3.8) is 0 Å². The van der Waals surface area contributed by atoms with Crippen molar-refractivity contribution in [3.05, 3.63) is 42.5 Å². The van der Waals surface area contributed by atoms with E-state index in [9.17, 15) is 4.79 Å². The lowest BCUT2D eigenvalue weighted by Gasteiger charge is -2.32. The van der Waals surface area contributed by atoms with Gasteiger partial charge in [-0.15, -0.1) is 0 Å². The van der Waals surface area contributed by atoms with E-state index in [4.69, 9.17) is 0 Å². The number of anilines is 2. The number of rotatable bonds is 3. The molecule has 2 aromatic heterocycles. The molecule has 1 aliphatic rings. The number of pyridine rings is 1. The van der Waals surface area contributed by atoms with Gasteiger partial charge in [-0.2, -0.15) is 0 Å². The topological polar surface area (TPSA) is 71.0 Å². The molecule has 1 unspecified atom stereocenters. The van der Waals surface area contributed by atoms with Crippen LogP contribution in [0.3, 0.4) is 0 Å². The lowest BCUT2D eigenvalue weighted by atomic mass is 9.97. The molecule has 1 amide bonds. The van der Waals surface area contributed by atoms with Crippen molar-refractivity contribution in [1.82, 2.24) is 15.0 Å². The molecule has 0 bridgehead atoms. The lowest BCUT2D eigenvalue weighted by Crippen LogP contribution is -2.41. The summed E-state index contributed by atoms with van der Waals surface area (Å²) in [5, 5.41) is 2.90. The van der Waals surface area contributed by atoms with Gasteiger partial charge in [-0.1, -0.05) is 6.07 Å². The summed E-state index contributed by atoms with van der Waals surface area (Å²) in [4.78, 5) is 27.2. The highest BCUT2D eigenvalue weighted by Crippen LogP contribution is 2.22. The van der Waals surface area contributed by atoms with Gasteiger partial charge in [-0.05, 0) is 31.4 Å². The van der Waals surface area contributed by atoms with Crippen LogP contribution in [0, 0.1) is 12.8 Å². The quantitative estimate of drug-likeness (QED) is 0.938. The Morgan fingerprint density at radius 2 is 2.18 bits per heavy atom. The van der Waals surface area contributed by atoms with Crippen molar-refractivity contribution in [1.29, 1.82) is 0 Å². The molecule has 0 aromatic carbocycles. The molecule has 1 atom stereocenters. The van der Waals surface area contributed by atoms with Gasteiger partial charge in [-0.25, -0.2) is 9.97 Å². The fourth-order valence-corrected chi connectivity index (χ4v) is 2.62. The number of piperidine rings is 1. The second-order valence-corrected chi connectivity index (χ2v) is 5.56. The van der Waals surface area contributed by atoms with Crippen LogP contribution in [0.5, 0.6) is 0 Å². The summed E-state index contributed by atoms with van der Waals surface area (Å²) in [5.41, 5.74) is 1.07. The van der Waals surface area contributed by atoms with Gasteiger partial charge in [-0.3, -0.25) is 9.78 Å². The molecule has 6 heteroatoms. The van der Waals surface area contributed by atoms with Crippen LogP contribution in [0.1, 0.15) is 18.4 Å². The number of hydrogen-bond donors (Lipinski definition) is 1. The number of carbonyl (C=O) groups is 1. The Kier molecular flexibility index (Phi) is 4.27. The molecule has 1 N–H and O–H groups in total. The number of hydrogen-bond acceptors (Lipinski definition) is 5. The van der Waals surface area contributed by atoms with Crippen LogP contribution in [-0.2, 0) is 4.79 Å². The van der Waals surface area contributed by atoms with E-state index in [1.165, 1.54) is 0 Å². The zero-order chi connectivity index (χ0) is 15.4. The summed E-state index contributed by atoms with van der Waals surface area (Å²) >= 11 is 0. The normalized spacial score (nSPS) is 18.0. The maximum absolute atomic E-state index is 12.4. The van der Waals surface area contributed by atoms with Crippen LogP contribution in [0.2, 0.25) is 0 Å². The first-order valence-electron chi connectivity index (χ1n) is 7.47. The van der Waals surface area contributed by atoms with Crippen molar-refractivity contribution in [2.45, 2.75) is 19.8 Å². The average Bonchev–Trinajstić information content (AvgIpc) is 2.58. The first kappa shape index (κ1) is 14.4. The van der Waals surface area contributed by atoms with E-state index in [1.54, 1.807) is 24.8 Å². The molecule has 114 valence electrons. The standard InChI is InChI=1S/C16H19N5O/c1-12-4-5-14(19-9-12)20-16(22)13-3-2-8-21(11-13)15-10-17-6-7-18-15/h4-7,9-10,13H,2-3,8,11H2,1H3,(H,19,20,22). The van der Waals surface area contributed by atoms with Gasteiger partial charge in [0.15, 0.2) is 0 Å². The van der Waals surface area contributed by atoms with Gasteiger partial charge < -0.3 is 10.2 Å². The molecule has 0 saturated carbocycles. The minimum atomic E-state index is -0.0566. The summed E-state index contributed by atoms with van der Waals surface area (Å²) in [5.74, 6) is 1.39.